The quantitative estimate of drug-likeness (QED) is 0.805. The van der Waals surface area contributed by atoms with Gasteiger partial charge in [-0.25, -0.2) is 4.98 Å². The van der Waals surface area contributed by atoms with Crippen LogP contribution in [0.1, 0.15) is 31.5 Å². The fraction of sp³-hybridized carbons (Fsp3) is 0.400. The topological polar surface area (TPSA) is 39.1 Å². The van der Waals surface area contributed by atoms with Crippen LogP contribution in [0.5, 0.6) is 5.75 Å². The maximum absolute atomic E-state index is 6.13. The molecular weight excluding hydrogens is 354 g/mol. The Hall–Kier alpha value is -1.20. The van der Waals surface area contributed by atoms with Crippen LogP contribution in [0.3, 0.4) is 0 Å². The van der Waals surface area contributed by atoms with E-state index in [0.717, 1.165) is 15.9 Å². The standard InChI is InChI=1S/C15H17BrClN3O/c1-2-21-15-13(16)5-10(17)6-14(15)19-8-12-7-18-9-20(12)11-3-4-11/h5-7,9,11,19H,2-4,8H2,1H3. The molecule has 112 valence electrons. The molecule has 3 rings (SSSR count). The van der Waals surface area contributed by atoms with E-state index >= 15 is 0 Å². The molecule has 1 fully saturated rings. The van der Waals surface area contributed by atoms with E-state index in [-0.39, 0.29) is 0 Å². The predicted octanol–water partition coefficient (Wildman–Crippen LogP) is 4.64. The van der Waals surface area contributed by atoms with Crippen molar-refractivity contribution in [1.29, 1.82) is 0 Å². The maximum atomic E-state index is 6.13. The van der Waals surface area contributed by atoms with E-state index in [4.69, 9.17) is 16.3 Å². The van der Waals surface area contributed by atoms with Gasteiger partial charge in [-0.3, -0.25) is 0 Å². The number of rotatable bonds is 6. The predicted molar refractivity (Wildman–Crippen MR) is 88.1 cm³/mol. The molecule has 0 atom stereocenters. The van der Waals surface area contributed by atoms with Gasteiger partial charge < -0.3 is 14.6 Å². The summed E-state index contributed by atoms with van der Waals surface area (Å²) in [6, 6.07) is 4.35. The van der Waals surface area contributed by atoms with Crippen LogP contribution in [0, 0.1) is 0 Å². The highest BCUT2D eigenvalue weighted by Crippen LogP contribution is 2.38. The summed E-state index contributed by atoms with van der Waals surface area (Å²) in [6.45, 7) is 3.27. The second-order valence-electron chi connectivity index (χ2n) is 5.07. The van der Waals surface area contributed by atoms with E-state index in [1.807, 2.05) is 31.6 Å². The number of anilines is 1. The molecule has 6 heteroatoms. The van der Waals surface area contributed by atoms with Crippen LogP contribution < -0.4 is 10.1 Å². The molecule has 0 aliphatic heterocycles. The Morgan fingerprint density at radius 3 is 3.00 bits per heavy atom. The summed E-state index contributed by atoms with van der Waals surface area (Å²) in [5.74, 6) is 0.791. The third-order valence-electron chi connectivity index (χ3n) is 3.44. The SMILES string of the molecule is CCOc1c(Br)cc(Cl)cc1NCc1cncn1C1CC1. The molecule has 2 aromatic rings. The molecule has 4 nitrogen and oxygen atoms in total. The van der Waals surface area contributed by atoms with Crippen LogP contribution in [0.2, 0.25) is 5.02 Å². The molecule has 0 unspecified atom stereocenters. The normalized spacial score (nSPS) is 14.2. The van der Waals surface area contributed by atoms with Crippen LogP contribution in [-0.4, -0.2) is 16.2 Å². The molecule has 0 spiro atoms. The summed E-state index contributed by atoms with van der Waals surface area (Å²) in [5, 5.41) is 4.07. The first-order valence-corrected chi connectivity index (χ1v) is 8.22. The zero-order chi connectivity index (χ0) is 14.8. The summed E-state index contributed by atoms with van der Waals surface area (Å²) < 4.78 is 8.79. The van der Waals surface area contributed by atoms with Gasteiger partial charge in [-0.2, -0.15) is 0 Å². The molecule has 1 aliphatic rings. The maximum Gasteiger partial charge on any atom is 0.156 e. The first-order valence-electron chi connectivity index (χ1n) is 7.05. The van der Waals surface area contributed by atoms with Crippen molar-refractivity contribution in [3.63, 3.8) is 0 Å². The fourth-order valence-corrected chi connectivity index (χ4v) is 3.24. The van der Waals surface area contributed by atoms with Gasteiger partial charge in [-0.05, 0) is 47.8 Å². The average molecular weight is 371 g/mol. The molecule has 1 aromatic carbocycles. The van der Waals surface area contributed by atoms with Crippen molar-refractivity contribution in [1.82, 2.24) is 9.55 Å². The number of benzene rings is 1. The highest BCUT2D eigenvalue weighted by atomic mass is 79.9. The zero-order valence-corrected chi connectivity index (χ0v) is 14.1. The number of nitrogens with zero attached hydrogens (tertiary/aromatic N) is 2. The van der Waals surface area contributed by atoms with E-state index in [1.165, 1.54) is 18.5 Å². The van der Waals surface area contributed by atoms with Gasteiger partial charge in [0.25, 0.3) is 0 Å². The Balaban J connectivity index is 1.79. The van der Waals surface area contributed by atoms with Gasteiger partial charge in [-0.1, -0.05) is 11.6 Å². The fourth-order valence-electron chi connectivity index (χ4n) is 2.32. The van der Waals surface area contributed by atoms with Crippen molar-refractivity contribution in [2.24, 2.45) is 0 Å². The van der Waals surface area contributed by atoms with Crippen LogP contribution in [0.4, 0.5) is 5.69 Å². The minimum absolute atomic E-state index is 0.606. The van der Waals surface area contributed by atoms with Crippen LogP contribution in [0.25, 0.3) is 0 Å². The lowest BCUT2D eigenvalue weighted by Crippen LogP contribution is -2.07. The highest BCUT2D eigenvalue weighted by molar-refractivity contribution is 9.10. The van der Waals surface area contributed by atoms with Crippen LogP contribution in [0.15, 0.2) is 29.1 Å². The first kappa shape index (κ1) is 14.7. The average Bonchev–Trinajstić information content (AvgIpc) is 3.19. The number of ether oxygens (including phenoxy) is 1. The van der Waals surface area contributed by atoms with Crippen molar-refractivity contribution in [3.8, 4) is 5.75 Å². The molecule has 0 radical (unpaired) electrons. The number of halogens is 2. The molecule has 0 saturated heterocycles. The van der Waals surface area contributed by atoms with Gasteiger partial charge in [-0.15, -0.1) is 0 Å². The molecule has 1 aromatic heterocycles. The van der Waals surface area contributed by atoms with Gasteiger partial charge in [0.1, 0.15) is 0 Å². The zero-order valence-electron chi connectivity index (χ0n) is 11.8. The first-order chi connectivity index (χ1) is 10.2. The van der Waals surface area contributed by atoms with Crippen molar-refractivity contribution < 1.29 is 4.74 Å². The van der Waals surface area contributed by atoms with Crippen molar-refractivity contribution in [2.45, 2.75) is 32.4 Å². The van der Waals surface area contributed by atoms with Crippen molar-refractivity contribution >= 4 is 33.2 Å². The van der Waals surface area contributed by atoms with Gasteiger partial charge in [0.05, 0.1) is 35.3 Å². The number of nitrogens with one attached hydrogen (secondary N) is 1. The molecule has 1 heterocycles. The minimum atomic E-state index is 0.606. The van der Waals surface area contributed by atoms with E-state index in [2.05, 4.69) is 30.8 Å². The van der Waals surface area contributed by atoms with Crippen molar-refractivity contribution in [2.75, 3.05) is 11.9 Å². The third-order valence-corrected chi connectivity index (χ3v) is 4.25. The third kappa shape index (κ3) is 3.35. The number of imidazole rings is 1. The number of aromatic nitrogens is 2. The number of hydrogen-bond acceptors (Lipinski definition) is 3. The lowest BCUT2D eigenvalue weighted by atomic mass is 10.3. The smallest absolute Gasteiger partial charge is 0.156 e. The lowest BCUT2D eigenvalue weighted by Gasteiger charge is -2.15. The van der Waals surface area contributed by atoms with Crippen LogP contribution in [-0.2, 0) is 6.54 Å². The highest BCUT2D eigenvalue weighted by Gasteiger charge is 2.25. The Labute approximate surface area is 137 Å². The largest absolute Gasteiger partial charge is 0.491 e. The van der Waals surface area contributed by atoms with E-state index in [9.17, 15) is 0 Å². The van der Waals surface area contributed by atoms with Gasteiger partial charge in [0, 0.05) is 17.3 Å². The molecule has 21 heavy (non-hydrogen) atoms. The lowest BCUT2D eigenvalue weighted by molar-refractivity contribution is 0.339. The molecule has 1 saturated carbocycles. The number of hydrogen-bond donors (Lipinski definition) is 1. The molecule has 0 bridgehead atoms. The Kier molecular flexibility index (Phi) is 4.40. The summed E-state index contributed by atoms with van der Waals surface area (Å²) in [7, 11) is 0. The summed E-state index contributed by atoms with van der Waals surface area (Å²) in [4.78, 5) is 4.25. The van der Waals surface area contributed by atoms with Gasteiger partial charge in [0.15, 0.2) is 5.75 Å². The molecule has 1 aliphatic carbocycles. The molecular formula is C15H17BrClN3O. The summed E-state index contributed by atoms with van der Waals surface area (Å²) >= 11 is 9.63. The Morgan fingerprint density at radius 2 is 2.29 bits per heavy atom. The Bertz CT molecular complexity index is 640. The van der Waals surface area contributed by atoms with Crippen molar-refractivity contribution in [3.05, 3.63) is 39.8 Å². The minimum Gasteiger partial charge on any atom is -0.491 e. The second kappa shape index (κ2) is 6.28. The molecule has 1 N–H and O–H groups in total. The van der Waals surface area contributed by atoms with Gasteiger partial charge in [0.2, 0.25) is 0 Å². The molecule has 0 amide bonds. The van der Waals surface area contributed by atoms with E-state index in [0.29, 0.717) is 24.2 Å². The van der Waals surface area contributed by atoms with Crippen LogP contribution >= 0.6 is 27.5 Å². The summed E-state index contributed by atoms with van der Waals surface area (Å²) in [5.41, 5.74) is 2.07. The second-order valence-corrected chi connectivity index (χ2v) is 6.37. The Morgan fingerprint density at radius 1 is 1.48 bits per heavy atom. The monoisotopic (exact) mass is 369 g/mol. The van der Waals surface area contributed by atoms with Gasteiger partial charge >= 0.3 is 0 Å². The summed E-state index contributed by atoms with van der Waals surface area (Å²) in [6.07, 6.45) is 6.31. The van der Waals surface area contributed by atoms with E-state index in [1.54, 1.807) is 0 Å². The van der Waals surface area contributed by atoms with E-state index < -0.39 is 0 Å².